The molecule has 0 spiro atoms. The van der Waals surface area contributed by atoms with Crippen LogP contribution in [0.25, 0.3) is 0 Å². The molecular formula is C15H23N. The van der Waals surface area contributed by atoms with Crippen molar-refractivity contribution in [2.24, 2.45) is 0 Å². The normalized spacial score (nSPS) is 18.3. The molecule has 1 fully saturated rings. The zero-order valence-electron chi connectivity index (χ0n) is 10.3. The maximum Gasteiger partial charge on any atom is 0.0208 e. The van der Waals surface area contributed by atoms with E-state index in [0.29, 0.717) is 0 Å². The van der Waals surface area contributed by atoms with Gasteiger partial charge in [-0.2, -0.15) is 0 Å². The number of aryl methyl sites for hydroxylation is 1. The molecular weight excluding hydrogens is 194 g/mol. The van der Waals surface area contributed by atoms with Gasteiger partial charge in [0.2, 0.25) is 0 Å². The Morgan fingerprint density at radius 3 is 2.25 bits per heavy atom. The summed E-state index contributed by atoms with van der Waals surface area (Å²) in [4.78, 5) is 0. The van der Waals surface area contributed by atoms with Crippen LogP contribution >= 0.6 is 0 Å². The van der Waals surface area contributed by atoms with Crippen molar-refractivity contribution in [1.82, 2.24) is 5.32 Å². The molecule has 1 saturated carbocycles. The number of hydrogen-bond donors (Lipinski definition) is 1. The zero-order chi connectivity index (χ0) is 11.2. The average molecular weight is 217 g/mol. The lowest BCUT2D eigenvalue weighted by Gasteiger charge is -2.16. The Hall–Kier alpha value is -0.820. The largest absolute Gasteiger partial charge is 0.310 e. The van der Waals surface area contributed by atoms with Crippen molar-refractivity contribution in [1.29, 1.82) is 0 Å². The van der Waals surface area contributed by atoms with Crippen molar-refractivity contribution in [2.75, 3.05) is 0 Å². The van der Waals surface area contributed by atoms with Gasteiger partial charge in [-0.05, 0) is 25.3 Å². The van der Waals surface area contributed by atoms with E-state index in [9.17, 15) is 0 Å². The SMILES string of the molecule is Cc1ccc(CNC2CCCCCC2)cc1. The topological polar surface area (TPSA) is 12.0 Å². The summed E-state index contributed by atoms with van der Waals surface area (Å²) < 4.78 is 0. The van der Waals surface area contributed by atoms with Crippen LogP contribution in [0, 0.1) is 6.92 Å². The summed E-state index contributed by atoms with van der Waals surface area (Å²) in [6, 6.07) is 9.62. The number of rotatable bonds is 3. The molecule has 1 aliphatic carbocycles. The molecule has 1 aromatic carbocycles. The molecule has 88 valence electrons. The van der Waals surface area contributed by atoms with Gasteiger partial charge in [-0.25, -0.2) is 0 Å². The highest BCUT2D eigenvalue weighted by molar-refractivity contribution is 5.21. The fraction of sp³-hybridized carbons (Fsp3) is 0.600. The number of nitrogens with one attached hydrogen (secondary N) is 1. The van der Waals surface area contributed by atoms with Crippen LogP contribution in [0.2, 0.25) is 0 Å². The van der Waals surface area contributed by atoms with E-state index in [-0.39, 0.29) is 0 Å². The van der Waals surface area contributed by atoms with Crippen molar-refractivity contribution < 1.29 is 0 Å². The molecule has 1 heteroatoms. The fourth-order valence-corrected chi connectivity index (χ4v) is 2.45. The Bertz CT molecular complexity index is 294. The van der Waals surface area contributed by atoms with Gasteiger partial charge >= 0.3 is 0 Å². The van der Waals surface area contributed by atoms with Crippen LogP contribution in [-0.4, -0.2) is 6.04 Å². The summed E-state index contributed by atoms with van der Waals surface area (Å²) in [7, 11) is 0. The first-order valence-electron chi connectivity index (χ1n) is 6.63. The molecule has 1 aliphatic rings. The molecule has 0 aliphatic heterocycles. The van der Waals surface area contributed by atoms with Crippen LogP contribution in [0.15, 0.2) is 24.3 Å². The molecule has 1 nitrogen and oxygen atoms in total. The second kappa shape index (κ2) is 6.05. The zero-order valence-corrected chi connectivity index (χ0v) is 10.3. The Balaban J connectivity index is 1.79. The predicted molar refractivity (Wildman–Crippen MR) is 69.5 cm³/mol. The average Bonchev–Trinajstić information content (AvgIpc) is 2.57. The number of benzene rings is 1. The van der Waals surface area contributed by atoms with E-state index < -0.39 is 0 Å². The van der Waals surface area contributed by atoms with E-state index in [1.165, 1.54) is 49.7 Å². The summed E-state index contributed by atoms with van der Waals surface area (Å²) >= 11 is 0. The molecule has 0 heterocycles. The molecule has 0 saturated heterocycles. The summed E-state index contributed by atoms with van der Waals surface area (Å²) in [6.45, 7) is 3.17. The highest BCUT2D eigenvalue weighted by Gasteiger charge is 2.10. The van der Waals surface area contributed by atoms with Gasteiger partial charge in [0, 0.05) is 12.6 Å². The van der Waals surface area contributed by atoms with Crippen molar-refractivity contribution in [3.63, 3.8) is 0 Å². The molecule has 2 rings (SSSR count). The van der Waals surface area contributed by atoms with Gasteiger partial charge in [0.25, 0.3) is 0 Å². The van der Waals surface area contributed by atoms with Crippen molar-refractivity contribution >= 4 is 0 Å². The van der Waals surface area contributed by atoms with Crippen LogP contribution in [0.3, 0.4) is 0 Å². The Labute approximate surface area is 99.3 Å². The second-order valence-electron chi connectivity index (χ2n) is 5.05. The third-order valence-electron chi connectivity index (χ3n) is 3.57. The first kappa shape index (κ1) is 11.7. The summed E-state index contributed by atoms with van der Waals surface area (Å²) in [5.74, 6) is 0. The lowest BCUT2D eigenvalue weighted by Crippen LogP contribution is -2.27. The monoisotopic (exact) mass is 217 g/mol. The Kier molecular flexibility index (Phi) is 4.41. The minimum atomic E-state index is 0.754. The summed E-state index contributed by atoms with van der Waals surface area (Å²) in [5.41, 5.74) is 2.76. The lowest BCUT2D eigenvalue weighted by atomic mass is 10.1. The molecule has 0 aromatic heterocycles. The van der Waals surface area contributed by atoms with Gasteiger partial charge < -0.3 is 5.32 Å². The molecule has 0 atom stereocenters. The molecule has 0 radical (unpaired) electrons. The highest BCUT2D eigenvalue weighted by atomic mass is 14.9. The van der Waals surface area contributed by atoms with E-state index in [2.05, 4.69) is 36.5 Å². The number of hydrogen-bond acceptors (Lipinski definition) is 1. The standard InChI is InChI=1S/C15H23N/c1-13-8-10-14(11-9-13)12-16-15-6-4-2-3-5-7-15/h8-11,15-16H,2-7,12H2,1H3. The molecule has 0 amide bonds. The Morgan fingerprint density at radius 1 is 1.00 bits per heavy atom. The molecule has 1 aromatic rings. The first-order valence-corrected chi connectivity index (χ1v) is 6.63. The van der Waals surface area contributed by atoms with E-state index in [1.54, 1.807) is 0 Å². The van der Waals surface area contributed by atoms with E-state index in [4.69, 9.17) is 0 Å². The molecule has 16 heavy (non-hydrogen) atoms. The van der Waals surface area contributed by atoms with E-state index >= 15 is 0 Å². The highest BCUT2D eigenvalue weighted by Crippen LogP contribution is 2.17. The van der Waals surface area contributed by atoms with Gasteiger partial charge in [-0.15, -0.1) is 0 Å². The van der Waals surface area contributed by atoms with Crippen LogP contribution in [-0.2, 0) is 6.54 Å². The van der Waals surface area contributed by atoms with Crippen LogP contribution in [0.1, 0.15) is 49.7 Å². The second-order valence-corrected chi connectivity index (χ2v) is 5.05. The van der Waals surface area contributed by atoms with E-state index in [0.717, 1.165) is 12.6 Å². The van der Waals surface area contributed by atoms with Crippen molar-refractivity contribution in [3.8, 4) is 0 Å². The van der Waals surface area contributed by atoms with Crippen LogP contribution in [0.5, 0.6) is 0 Å². The van der Waals surface area contributed by atoms with Crippen molar-refractivity contribution in [3.05, 3.63) is 35.4 Å². The predicted octanol–water partition coefficient (Wildman–Crippen LogP) is 3.81. The maximum atomic E-state index is 3.70. The third-order valence-corrected chi connectivity index (χ3v) is 3.57. The van der Waals surface area contributed by atoms with Crippen LogP contribution < -0.4 is 5.32 Å². The molecule has 0 unspecified atom stereocenters. The van der Waals surface area contributed by atoms with E-state index in [1.807, 2.05) is 0 Å². The minimum absolute atomic E-state index is 0.754. The smallest absolute Gasteiger partial charge is 0.0208 e. The molecule has 1 N–H and O–H groups in total. The minimum Gasteiger partial charge on any atom is -0.310 e. The van der Waals surface area contributed by atoms with Gasteiger partial charge in [0.1, 0.15) is 0 Å². The van der Waals surface area contributed by atoms with Gasteiger partial charge in [0.15, 0.2) is 0 Å². The van der Waals surface area contributed by atoms with Gasteiger partial charge in [-0.1, -0.05) is 55.5 Å². The molecule has 0 bridgehead atoms. The first-order chi connectivity index (χ1) is 7.84. The summed E-state index contributed by atoms with van der Waals surface area (Å²) in [6.07, 6.45) is 8.42. The lowest BCUT2D eigenvalue weighted by molar-refractivity contribution is 0.459. The fourth-order valence-electron chi connectivity index (χ4n) is 2.45. The van der Waals surface area contributed by atoms with Crippen LogP contribution in [0.4, 0.5) is 0 Å². The summed E-state index contributed by atoms with van der Waals surface area (Å²) in [5, 5.41) is 3.70. The maximum absolute atomic E-state index is 3.70. The third kappa shape index (κ3) is 3.64. The quantitative estimate of drug-likeness (QED) is 0.759. The van der Waals surface area contributed by atoms with Gasteiger partial charge in [-0.3, -0.25) is 0 Å². The van der Waals surface area contributed by atoms with Gasteiger partial charge in [0.05, 0.1) is 0 Å². The Morgan fingerprint density at radius 2 is 1.62 bits per heavy atom. The van der Waals surface area contributed by atoms with Crippen molar-refractivity contribution in [2.45, 2.75) is 58.0 Å².